The highest BCUT2D eigenvalue weighted by molar-refractivity contribution is 5.87. The second-order valence-corrected chi connectivity index (χ2v) is 3.91. The highest BCUT2D eigenvalue weighted by Gasteiger charge is 2.26. The number of imidazole rings is 1. The van der Waals surface area contributed by atoms with E-state index >= 15 is 0 Å². The fraction of sp³-hybridized carbons (Fsp3) is 0.600. The van der Waals surface area contributed by atoms with Gasteiger partial charge in [-0.1, -0.05) is 0 Å². The lowest BCUT2D eigenvalue weighted by molar-refractivity contribution is 0.0686. The predicted molar refractivity (Wildman–Crippen MR) is 54.3 cm³/mol. The minimum Gasteiger partial charge on any atom is -0.476 e. The van der Waals surface area contributed by atoms with E-state index in [0.717, 1.165) is 0 Å². The number of aliphatic hydroxyl groups excluding tert-OH is 2. The molecule has 16 heavy (non-hydrogen) atoms. The summed E-state index contributed by atoms with van der Waals surface area (Å²) in [4.78, 5) is 15.0. The fourth-order valence-corrected chi connectivity index (χ4v) is 2.07. The maximum Gasteiger partial charge on any atom is 0.356 e. The summed E-state index contributed by atoms with van der Waals surface area (Å²) in [6.07, 6.45) is 0.930. The zero-order chi connectivity index (χ0) is 11.7. The number of carboxylic acids is 1. The quantitative estimate of drug-likeness (QED) is 0.641. The summed E-state index contributed by atoms with van der Waals surface area (Å²) < 4.78 is 1.72. The second kappa shape index (κ2) is 4.23. The standard InChI is InChI=1S/C10H14N2O4/c13-4-3-8-11-9(10(15)16)7-2-1-6(14)5-12(7)8/h6,13-14H,1-5H2,(H,15,16). The monoisotopic (exact) mass is 226 g/mol. The lowest BCUT2D eigenvalue weighted by Gasteiger charge is -2.21. The molecule has 1 unspecified atom stereocenters. The highest BCUT2D eigenvalue weighted by Crippen LogP contribution is 2.21. The molecule has 2 rings (SSSR count). The van der Waals surface area contributed by atoms with E-state index in [1.807, 2.05) is 0 Å². The molecule has 0 spiro atoms. The van der Waals surface area contributed by atoms with Gasteiger partial charge in [0, 0.05) is 6.42 Å². The zero-order valence-electron chi connectivity index (χ0n) is 8.76. The summed E-state index contributed by atoms with van der Waals surface area (Å²) in [6, 6.07) is 0. The molecule has 0 fully saturated rings. The maximum atomic E-state index is 11.0. The molecular weight excluding hydrogens is 212 g/mol. The van der Waals surface area contributed by atoms with Gasteiger partial charge in [-0.15, -0.1) is 0 Å². The van der Waals surface area contributed by atoms with Gasteiger partial charge in [0.25, 0.3) is 0 Å². The third-order valence-corrected chi connectivity index (χ3v) is 2.80. The third kappa shape index (κ3) is 1.81. The van der Waals surface area contributed by atoms with Gasteiger partial charge < -0.3 is 19.9 Å². The number of carbonyl (C=O) groups is 1. The van der Waals surface area contributed by atoms with Crippen LogP contribution in [-0.2, 0) is 19.4 Å². The number of hydrogen-bond acceptors (Lipinski definition) is 4. The number of carboxylic acid groups (broad SMARTS) is 1. The molecule has 0 aromatic carbocycles. The summed E-state index contributed by atoms with van der Waals surface area (Å²) in [5.41, 5.74) is 0.705. The van der Waals surface area contributed by atoms with Gasteiger partial charge in [0.1, 0.15) is 5.82 Å². The Labute approximate surface area is 92.2 Å². The minimum atomic E-state index is -1.05. The molecule has 0 radical (unpaired) electrons. The number of fused-ring (bicyclic) bond motifs is 1. The van der Waals surface area contributed by atoms with Crippen molar-refractivity contribution in [3.05, 3.63) is 17.2 Å². The van der Waals surface area contributed by atoms with E-state index in [9.17, 15) is 9.90 Å². The van der Waals surface area contributed by atoms with Crippen molar-refractivity contribution in [3.63, 3.8) is 0 Å². The SMILES string of the molecule is O=C(O)c1nc(CCO)n2c1CCC(O)C2. The number of aromatic carboxylic acids is 1. The van der Waals surface area contributed by atoms with Gasteiger partial charge in [0.05, 0.1) is 24.9 Å². The van der Waals surface area contributed by atoms with Gasteiger partial charge in [0.2, 0.25) is 0 Å². The molecule has 1 aliphatic heterocycles. The van der Waals surface area contributed by atoms with Crippen molar-refractivity contribution in [2.24, 2.45) is 0 Å². The first-order valence-electron chi connectivity index (χ1n) is 5.24. The first-order valence-corrected chi connectivity index (χ1v) is 5.24. The van der Waals surface area contributed by atoms with Crippen LogP contribution in [0.3, 0.4) is 0 Å². The van der Waals surface area contributed by atoms with Crippen molar-refractivity contribution in [3.8, 4) is 0 Å². The Morgan fingerprint density at radius 3 is 2.94 bits per heavy atom. The van der Waals surface area contributed by atoms with E-state index in [1.54, 1.807) is 4.57 Å². The molecule has 1 aromatic rings. The summed E-state index contributed by atoms with van der Waals surface area (Å²) in [7, 11) is 0. The third-order valence-electron chi connectivity index (χ3n) is 2.80. The molecule has 6 nitrogen and oxygen atoms in total. The van der Waals surface area contributed by atoms with Gasteiger partial charge in [-0.25, -0.2) is 9.78 Å². The normalized spacial score (nSPS) is 19.5. The van der Waals surface area contributed by atoms with Crippen molar-refractivity contribution in [2.45, 2.75) is 31.9 Å². The number of aliphatic hydroxyl groups is 2. The first-order chi connectivity index (χ1) is 7.63. The van der Waals surface area contributed by atoms with Crippen LogP contribution >= 0.6 is 0 Å². The van der Waals surface area contributed by atoms with Crippen LogP contribution in [0.5, 0.6) is 0 Å². The van der Waals surface area contributed by atoms with Gasteiger partial charge in [-0.05, 0) is 12.8 Å². The summed E-state index contributed by atoms with van der Waals surface area (Å²) in [5.74, 6) is -0.516. The van der Waals surface area contributed by atoms with Crippen LogP contribution in [-0.4, -0.2) is 43.6 Å². The molecule has 0 bridgehead atoms. The molecule has 1 atom stereocenters. The minimum absolute atomic E-state index is 0.0513. The van der Waals surface area contributed by atoms with Gasteiger partial charge in [-0.2, -0.15) is 0 Å². The van der Waals surface area contributed by atoms with E-state index in [2.05, 4.69) is 4.98 Å². The van der Waals surface area contributed by atoms with Crippen LogP contribution in [0.15, 0.2) is 0 Å². The van der Waals surface area contributed by atoms with Crippen molar-refractivity contribution in [1.82, 2.24) is 9.55 Å². The van der Waals surface area contributed by atoms with Gasteiger partial charge >= 0.3 is 5.97 Å². The molecule has 3 N–H and O–H groups in total. The molecule has 1 aliphatic rings. The van der Waals surface area contributed by atoms with Crippen LogP contribution in [0.1, 0.15) is 28.4 Å². The van der Waals surface area contributed by atoms with Gasteiger partial charge in [0.15, 0.2) is 5.69 Å². The molecule has 1 aromatic heterocycles. The fourth-order valence-electron chi connectivity index (χ4n) is 2.07. The van der Waals surface area contributed by atoms with Crippen molar-refractivity contribution in [1.29, 1.82) is 0 Å². The van der Waals surface area contributed by atoms with E-state index in [-0.39, 0.29) is 12.3 Å². The van der Waals surface area contributed by atoms with E-state index in [0.29, 0.717) is 37.3 Å². The molecule has 0 aliphatic carbocycles. The number of hydrogen-bond donors (Lipinski definition) is 3. The summed E-state index contributed by atoms with van der Waals surface area (Å²) in [6.45, 7) is 0.288. The molecule has 88 valence electrons. The summed E-state index contributed by atoms with van der Waals surface area (Å²) >= 11 is 0. The van der Waals surface area contributed by atoms with Crippen LogP contribution < -0.4 is 0 Å². The second-order valence-electron chi connectivity index (χ2n) is 3.91. The smallest absolute Gasteiger partial charge is 0.356 e. The molecular formula is C10H14N2O4. The lowest BCUT2D eigenvalue weighted by atomic mass is 10.1. The van der Waals surface area contributed by atoms with Crippen LogP contribution in [0, 0.1) is 0 Å². The van der Waals surface area contributed by atoms with Crippen LogP contribution in [0.4, 0.5) is 0 Å². The van der Waals surface area contributed by atoms with E-state index in [1.165, 1.54) is 0 Å². The molecule has 0 saturated heterocycles. The van der Waals surface area contributed by atoms with Crippen LogP contribution in [0.2, 0.25) is 0 Å². The molecule has 0 saturated carbocycles. The van der Waals surface area contributed by atoms with Crippen molar-refractivity contribution < 1.29 is 20.1 Å². The average molecular weight is 226 g/mol. The molecule has 0 amide bonds. The average Bonchev–Trinajstić information content (AvgIpc) is 2.58. The Morgan fingerprint density at radius 1 is 1.56 bits per heavy atom. The Bertz CT molecular complexity index is 413. The van der Waals surface area contributed by atoms with Crippen molar-refractivity contribution >= 4 is 5.97 Å². The summed E-state index contributed by atoms with van der Waals surface area (Å²) in [5, 5.41) is 27.4. The van der Waals surface area contributed by atoms with Crippen molar-refractivity contribution in [2.75, 3.05) is 6.61 Å². The maximum absolute atomic E-state index is 11.0. The van der Waals surface area contributed by atoms with Gasteiger partial charge in [-0.3, -0.25) is 0 Å². The first kappa shape index (κ1) is 11.1. The number of aromatic nitrogens is 2. The Hall–Kier alpha value is -1.40. The number of rotatable bonds is 3. The number of nitrogens with zero attached hydrogens (tertiary/aromatic N) is 2. The van der Waals surface area contributed by atoms with Crippen LogP contribution in [0.25, 0.3) is 0 Å². The lowest BCUT2D eigenvalue weighted by Crippen LogP contribution is -2.26. The largest absolute Gasteiger partial charge is 0.476 e. The zero-order valence-corrected chi connectivity index (χ0v) is 8.76. The predicted octanol–water partition coefficient (Wildman–Crippen LogP) is -0.577. The molecule has 2 heterocycles. The topological polar surface area (TPSA) is 95.6 Å². The molecule has 6 heteroatoms. The van der Waals surface area contributed by atoms with E-state index in [4.69, 9.17) is 10.2 Å². The Kier molecular flexibility index (Phi) is 2.93. The highest BCUT2D eigenvalue weighted by atomic mass is 16.4. The Balaban J connectivity index is 2.44. The van der Waals surface area contributed by atoms with E-state index < -0.39 is 12.1 Å². The Morgan fingerprint density at radius 2 is 2.31 bits per heavy atom.